The molecule has 1 unspecified atom stereocenters. The third-order valence-electron chi connectivity index (χ3n) is 2.21. The summed E-state index contributed by atoms with van der Waals surface area (Å²) in [5.74, 6) is -0.662. The maximum atomic E-state index is 13.3. The van der Waals surface area contributed by atoms with Crippen LogP contribution in [0.4, 0.5) is 15.8 Å². The SMILES string of the molecule is CCOCC(C)Nc1cc(Br)c(F)cc1[N+](=O)[O-]. The van der Waals surface area contributed by atoms with Crippen molar-refractivity contribution in [2.75, 3.05) is 18.5 Å². The molecule has 0 fully saturated rings. The Morgan fingerprint density at radius 3 is 2.83 bits per heavy atom. The van der Waals surface area contributed by atoms with Crippen molar-refractivity contribution >= 4 is 27.3 Å². The minimum atomic E-state index is -0.662. The van der Waals surface area contributed by atoms with E-state index in [4.69, 9.17) is 4.74 Å². The first kappa shape index (κ1) is 14.8. The fourth-order valence-corrected chi connectivity index (χ4v) is 1.75. The lowest BCUT2D eigenvalue weighted by Gasteiger charge is -2.15. The molecule has 1 N–H and O–H groups in total. The molecule has 0 spiro atoms. The van der Waals surface area contributed by atoms with E-state index in [1.54, 1.807) is 0 Å². The molecule has 7 heteroatoms. The van der Waals surface area contributed by atoms with Crippen molar-refractivity contribution in [1.29, 1.82) is 0 Å². The van der Waals surface area contributed by atoms with E-state index >= 15 is 0 Å². The predicted octanol–water partition coefficient (Wildman–Crippen LogP) is 3.33. The lowest BCUT2D eigenvalue weighted by molar-refractivity contribution is -0.384. The average Bonchev–Trinajstić information content (AvgIpc) is 2.30. The highest BCUT2D eigenvalue weighted by atomic mass is 79.9. The molecule has 0 heterocycles. The van der Waals surface area contributed by atoms with E-state index in [-0.39, 0.29) is 21.9 Å². The van der Waals surface area contributed by atoms with Crippen molar-refractivity contribution in [1.82, 2.24) is 0 Å². The molecule has 0 amide bonds. The Morgan fingerprint density at radius 1 is 1.61 bits per heavy atom. The molecule has 5 nitrogen and oxygen atoms in total. The van der Waals surface area contributed by atoms with E-state index in [0.29, 0.717) is 13.2 Å². The molecule has 0 aliphatic carbocycles. The summed E-state index contributed by atoms with van der Waals surface area (Å²) >= 11 is 3.00. The Morgan fingerprint density at radius 2 is 2.28 bits per heavy atom. The largest absolute Gasteiger partial charge is 0.380 e. The van der Waals surface area contributed by atoms with Crippen molar-refractivity contribution in [2.45, 2.75) is 19.9 Å². The molecule has 0 radical (unpaired) electrons. The third-order valence-corrected chi connectivity index (χ3v) is 2.82. The van der Waals surface area contributed by atoms with Gasteiger partial charge in [-0.15, -0.1) is 0 Å². The molecule has 100 valence electrons. The van der Waals surface area contributed by atoms with Crippen molar-refractivity contribution in [3.05, 3.63) is 32.5 Å². The van der Waals surface area contributed by atoms with Crippen LogP contribution in [0.25, 0.3) is 0 Å². The molecule has 1 aromatic carbocycles. The average molecular weight is 321 g/mol. The molecular weight excluding hydrogens is 307 g/mol. The number of nitrogens with one attached hydrogen (secondary N) is 1. The molecule has 0 aliphatic heterocycles. The summed E-state index contributed by atoms with van der Waals surface area (Å²) in [4.78, 5) is 10.2. The van der Waals surface area contributed by atoms with Crippen LogP contribution in [0.1, 0.15) is 13.8 Å². The zero-order chi connectivity index (χ0) is 13.7. The molecule has 18 heavy (non-hydrogen) atoms. The summed E-state index contributed by atoms with van der Waals surface area (Å²) in [6.07, 6.45) is 0. The van der Waals surface area contributed by atoms with Gasteiger partial charge in [0.05, 0.1) is 22.1 Å². The molecule has 1 atom stereocenters. The van der Waals surface area contributed by atoms with Gasteiger partial charge in [-0.1, -0.05) is 0 Å². The highest BCUT2D eigenvalue weighted by Crippen LogP contribution is 2.30. The number of hydrogen-bond donors (Lipinski definition) is 1. The number of nitro groups is 1. The number of anilines is 1. The van der Waals surface area contributed by atoms with E-state index in [1.807, 2.05) is 13.8 Å². The number of ether oxygens (including phenoxy) is 1. The first-order valence-electron chi connectivity index (χ1n) is 5.43. The molecule has 0 saturated heterocycles. The second-order valence-corrected chi connectivity index (χ2v) is 4.60. The van der Waals surface area contributed by atoms with Crippen molar-refractivity contribution in [3.8, 4) is 0 Å². The minimum absolute atomic E-state index is 0.110. The summed E-state index contributed by atoms with van der Waals surface area (Å²) in [5, 5.41) is 13.8. The van der Waals surface area contributed by atoms with Crippen LogP contribution >= 0.6 is 15.9 Å². The van der Waals surface area contributed by atoms with Crippen LogP contribution in [0.5, 0.6) is 0 Å². The Labute approximate surface area is 113 Å². The third kappa shape index (κ3) is 3.92. The Hall–Kier alpha value is -1.21. The Balaban J connectivity index is 2.93. The standard InChI is InChI=1S/C11H14BrFN2O3/c1-3-18-6-7(2)14-10-4-8(12)9(13)5-11(10)15(16)17/h4-5,7,14H,3,6H2,1-2H3. The maximum Gasteiger partial charge on any atom is 0.295 e. The first-order chi connectivity index (χ1) is 8.45. The van der Waals surface area contributed by atoms with Gasteiger partial charge in [-0.25, -0.2) is 4.39 Å². The minimum Gasteiger partial charge on any atom is -0.380 e. The van der Waals surface area contributed by atoms with E-state index in [0.717, 1.165) is 6.07 Å². The highest BCUT2D eigenvalue weighted by molar-refractivity contribution is 9.10. The maximum absolute atomic E-state index is 13.3. The van der Waals surface area contributed by atoms with E-state index in [1.165, 1.54) is 6.07 Å². The van der Waals surface area contributed by atoms with Crippen molar-refractivity contribution < 1.29 is 14.1 Å². The zero-order valence-electron chi connectivity index (χ0n) is 10.1. The monoisotopic (exact) mass is 320 g/mol. The van der Waals surface area contributed by atoms with Gasteiger partial charge in [0.25, 0.3) is 5.69 Å². The fraction of sp³-hybridized carbons (Fsp3) is 0.455. The Kier molecular flexibility index (Phi) is 5.49. The molecular formula is C11H14BrFN2O3. The number of nitrogens with zero attached hydrogens (tertiary/aromatic N) is 1. The van der Waals surface area contributed by atoms with E-state index in [2.05, 4.69) is 21.2 Å². The summed E-state index contributed by atoms with van der Waals surface area (Å²) in [7, 11) is 0. The molecule has 0 aromatic heterocycles. The van der Waals surface area contributed by atoms with Gasteiger partial charge in [-0.2, -0.15) is 0 Å². The van der Waals surface area contributed by atoms with Crippen LogP contribution in [-0.2, 0) is 4.74 Å². The fourth-order valence-electron chi connectivity index (χ4n) is 1.40. The molecule has 1 aromatic rings. The lowest BCUT2D eigenvalue weighted by atomic mass is 10.2. The van der Waals surface area contributed by atoms with Crippen LogP contribution in [0.3, 0.4) is 0 Å². The van der Waals surface area contributed by atoms with Crippen LogP contribution in [0, 0.1) is 15.9 Å². The van der Waals surface area contributed by atoms with Gasteiger partial charge in [0.1, 0.15) is 11.5 Å². The van der Waals surface area contributed by atoms with Gasteiger partial charge in [0.15, 0.2) is 0 Å². The topological polar surface area (TPSA) is 64.4 Å². The molecule has 0 bridgehead atoms. The van der Waals surface area contributed by atoms with Crippen LogP contribution in [-0.4, -0.2) is 24.2 Å². The van der Waals surface area contributed by atoms with Crippen molar-refractivity contribution in [2.24, 2.45) is 0 Å². The van der Waals surface area contributed by atoms with Gasteiger partial charge in [-0.05, 0) is 35.8 Å². The smallest absolute Gasteiger partial charge is 0.295 e. The zero-order valence-corrected chi connectivity index (χ0v) is 11.7. The molecule has 0 saturated carbocycles. The number of rotatable bonds is 6. The predicted molar refractivity (Wildman–Crippen MR) is 70.3 cm³/mol. The van der Waals surface area contributed by atoms with Gasteiger partial charge >= 0.3 is 0 Å². The van der Waals surface area contributed by atoms with Gasteiger partial charge in [0.2, 0.25) is 0 Å². The summed E-state index contributed by atoms with van der Waals surface area (Å²) < 4.78 is 18.6. The quantitative estimate of drug-likeness (QED) is 0.645. The van der Waals surface area contributed by atoms with Crippen molar-refractivity contribution in [3.63, 3.8) is 0 Å². The summed E-state index contributed by atoms with van der Waals surface area (Å²) in [6.45, 7) is 4.68. The van der Waals surface area contributed by atoms with E-state index < -0.39 is 10.7 Å². The second-order valence-electron chi connectivity index (χ2n) is 3.75. The highest BCUT2D eigenvalue weighted by Gasteiger charge is 2.18. The summed E-state index contributed by atoms with van der Waals surface area (Å²) in [5.41, 5.74) is -0.0282. The first-order valence-corrected chi connectivity index (χ1v) is 6.22. The van der Waals surface area contributed by atoms with Gasteiger partial charge < -0.3 is 10.1 Å². The van der Waals surface area contributed by atoms with Crippen LogP contribution in [0.2, 0.25) is 0 Å². The Bertz CT molecular complexity index is 443. The normalized spacial score (nSPS) is 12.2. The van der Waals surface area contributed by atoms with E-state index in [9.17, 15) is 14.5 Å². The van der Waals surface area contributed by atoms with Gasteiger partial charge in [-0.3, -0.25) is 10.1 Å². The second kappa shape index (κ2) is 6.65. The number of nitro benzene ring substituents is 1. The number of hydrogen-bond acceptors (Lipinski definition) is 4. The number of halogens is 2. The molecule has 1 rings (SSSR count). The van der Waals surface area contributed by atoms with Crippen LogP contribution in [0.15, 0.2) is 16.6 Å². The van der Waals surface area contributed by atoms with Crippen LogP contribution < -0.4 is 5.32 Å². The van der Waals surface area contributed by atoms with Gasteiger partial charge in [0, 0.05) is 12.6 Å². The number of benzene rings is 1. The lowest BCUT2D eigenvalue weighted by Crippen LogP contribution is -2.22. The summed E-state index contributed by atoms with van der Waals surface area (Å²) in [6, 6.07) is 2.14. The molecule has 0 aliphatic rings.